The van der Waals surface area contributed by atoms with Gasteiger partial charge in [0.05, 0.1) is 23.1 Å². The number of amides is 1. The molecule has 0 unspecified atom stereocenters. The van der Waals surface area contributed by atoms with E-state index in [1.165, 1.54) is 0 Å². The molecule has 1 amide bonds. The van der Waals surface area contributed by atoms with Gasteiger partial charge in [0.25, 0.3) is 5.91 Å². The van der Waals surface area contributed by atoms with Gasteiger partial charge in [0.2, 0.25) is 0 Å². The standard InChI is InChI=1S/C19H19BrN4O/c1-14-18(13-22-24(14)17-8-6-15(20)7-9-17)19(25)23(2)12-10-16-5-3-4-11-21-16/h3-9,11,13H,10,12H2,1-2H3. The predicted octanol–water partition coefficient (Wildman–Crippen LogP) is 3.65. The van der Waals surface area contributed by atoms with Gasteiger partial charge in [0, 0.05) is 36.4 Å². The Morgan fingerprint density at radius 1 is 1.20 bits per heavy atom. The SMILES string of the molecule is Cc1c(C(=O)N(C)CCc2ccccn2)cnn1-c1ccc(Br)cc1. The lowest BCUT2D eigenvalue weighted by molar-refractivity contribution is 0.0795. The van der Waals surface area contributed by atoms with E-state index in [0.717, 1.165) is 28.0 Å². The van der Waals surface area contributed by atoms with E-state index in [4.69, 9.17) is 0 Å². The summed E-state index contributed by atoms with van der Waals surface area (Å²) in [6.07, 6.45) is 4.13. The second-order valence-corrected chi connectivity index (χ2v) is 6.75. The van der Waals surface area contributed by atoms with E-state index in [9.17, 15) is 4.79 Å². The topological polar surface area (TPSA) is 51.0 Å². The zero-order valence-electron chi connectivity index (χ0n) is 14.2. The fourth-order valence-corrected chi connectivity index (χ4v) is 2.86. The van der Waals surface area contributed by atoms with Gasteiger partial charge in [-0.2, -0.15) is 5.10 Å². The van der Waals surface area contributed by atoms with Crippen LogP contribution < -0.4 is 0 Å². The van der Waals surface area contributed by atoms with Crippen molar-refractivity contribution in [1.29, 1.82) is 0 Å². The van der Waals surface area contributed by atoms with Gasteiger partial charge in [-0.15, -0.1) is 0 Å². The first-order valence-corrected chi connectivity index (χ1v) is 8.81. The van der Waals surface area contributed by atoms with Crippen molar-refractivity contribution in [3.8, 4) is 5.69 Å². The third-order valence-corrected chi connectivity index (χ3v) is 4.62. The van der Waals surface area contributed by atoms with Crippen molar-refractivity contribution >= 4 is 21.8 Å². The maximum Gasteiger partial charge on any atom is 0.257 e. The number of halogens is 1. The molecule has 0 aliphatic rings. The largest absolute Gasteiger partial charge is 0.341 e. The molecule has 5 nitrogen and oxygen atoms in total. The number of carbonyl (C=O) groups excluding carboxylic acids is 1. The van der Waals surface area contributed by atoms with Crippen molar-refractivity contribution in [2.75, 3.05) is 13.6 Å². The van der Waals surface area contributed by atoms with E-state index in [-0.39, 0.29) is 5.91 Å². The number of rotatable bonds is 5. The normalized spacial score (nSPS) is 10.7. The number of likely N-dealkylation sites (N-methyl/N-ethyl adjacent to an activating group) is 1. The van der Waals surface area contributed by atoms with E-state index >= 15 is 0 Å². The van der Waals surface area contributed by atoms with E-state index in [2.05, 4.69) is 26.0 Å². The minimum atomic E-state index is -0.0307. The summed E-state index contributed by atoms with van der Waals surface area (Å²) in [7, 11) is 1.81. The average Bonchev–Trinajstić information content (AvgIpc) is 3.02. The zero-order valence-corrected chi connectivity index (χ0v) is 15.8. The molecule has 0 bridgehead atoms. The maximum absolute atomic E-state index is 12.7. The Balaban J connectivity index is 1.73. The highest BCUT2D eigenvalue weighted by Crippen LogP contribution is 2.18. The monoisotopic (exact) mass is 398 g/mol. The van der Waals surface area contributed by atoms with Crippen LogP contribution in [-0.2, 0) is 6.42 Å². The molecule has 25 heavy (non-hydrogen) atoms. The lowest BCUT2D eigenvalue weighted by atomic mass is 10.2. The van der Waals surface area contributed by atoms with Gasteiger partial charge in [-0.3, -0.25) is 9.78 Å². The summed E-state index contributed by atoms with van der Waals surface area (Å²) >= 11 is 3.42. The molecule has 3 rings (SSSR count). The van der Waals surface area contributed by atoms with Gasteiger partial charge in [-0.25, -0.2) is 4.68 Å². The van der Waals surface area contributed by atoms with Crippen molar-refractivity contribution in [3.63, 3.8) is 0 Å². The fraction of sp³-hybridized carbons (Fsp3) is 0.211. The Morgan fingerprint density at radius 2 is 1.96 bits per heavy atom. The highest BCUT2D eigenvalue weighted by Gasteiger charge is 2.18. The van der Waals surface area contributed by atoms with Crippen LogP contribution in [0.2, 0.25) is 0 Å². The van der Waals surface area contributed by atoms with Gasteiger partial charge in [-0.1, -0.05) is 22.0 Å². The lowest BCUT2D eigenvalue weighted by Crippen LogP contribution is -2.29. The van der Waals surface area contributed by atoms with Crippen LogP contribution in [0, 0.1) is 6.92 Å². The predicted molar refractivity (Wildman–Crippen MR) is 101 cm³/mol. The summed E-state index contributed by atoms with van der Waals surface area (Å²) in [6, 6.07) is 13.6. The molecule has 0 aliphatic heterocycles. The van der Waals surface area contributed by atoms with Crippen molar-refractivity contribution in [2.45, 2.75) is 13.3 Å². The van der Waals surface area contributed by atoms with Crippen LogP contribution >= 0.6 is 15.9 Å². The minimum Gasteiger partial charge on any atom is -0.341 e. The van der Waals surface area contributed by atoms with Crippen molar-refractivity contribution in [2.24, 2.45) is 0 Å². The molecule has 6 heteroatoms. The molecule has 1 aromatic carbocycles. The summed E-state index contributed by atoms with van der Waals surface area (Å²) in [5.41, 5.74) is 3.35. The van der Waals surface area contributed by atoms with Crippen LogP contribution in [-0.4, -0.2) is 39.2 Å². The molecule has 0 saturated heterocycles. The molecule has 0 radical (unpaired) electrons. The maximum atomic E-state index is 12.7. The molecule has 0 spiro atoms. The second-order valence-electron chi connectivity index (χ2n) is 5.83. The highest BCUT2D eigenvalue weighted by atomic mass is 79.9. The number of nitrogens with zero attached hydrogens (tertiary/aromatic N) is 4. The lowest BCUT2D eigenvalue weighted by Gasteiger charge is -2.16. The molecule has 2 aromatic heterocycles. The average molecular weight is 399 g/mol. The molecule has 3 aromatic rings. The van der Waals surface area contributed by atoms with Crippen LogP contribution in [0.25, 0.3) is 5.69 Å². The van der Waals surface area contributed by atoms with Gasteiger partial charge in [-0.05, 0) is 43.3 Å². The molecule has 0 N–H and O–H groups in total. The smallest absolute Gasteiger partial charge is 0.257 e. The van der Waals surface area contributed by atoms with Crippen LogP contribution in [0.3, 0.4) is 0 Å². The number of pyridine rings is 1. The van der Waals surface area contributed by atoms with Gasteiger partial charge >= 0.3 is 0 Å². The van der Waals surface area contributed by atoms with E-state index < -0.39 is 0 Å². The first-order chi connectivity index (χ1) is 12.1. The van der Waals surface area contributed by atoms with Crippen molar-refractivity contribution < 1.29 is 4.79 Å². The van der Waals surface area contributed by atoms with Gasteiger partial charge in [0.1, 0.15) is 0 Å². The molecule has 128 valence electrons. The third-order valence-electron chi connectivity index (χ3n) is 4.09. The Labute approximate surface area is 155 Å². The molecule has 0 aliphatic carbocycles. The third kappa shape index (κ3) is 3.96. The van der Waals surface area contributed by atoms with Crippen molar-refractivity contribution in [1.82, 2.24) is 19.7 Å². The molecule has 0 fully saturated rings. The first-order valence-electron chi connectivity index (χ1n) is 8.02. The van der Waals surface area contributed by atoms with Crippen LogP contribution in [0.1, 0.15) is 21.7 Å². The number of hydrogen-bond donors (Lipinski definition) is 0. The zero-order chi connectivity index (χ0) is 17.8. The molecular formula is C19H19BrN4O. The van der Waals surface area contributed by atoms with Crippen LogP contribution in [0.5, 0.6) is 0 Å². The fourth-order valence-electron chi connectivity index (χ4n) is 2.60. The van der Waals surface area contributed by atoms with Crippen LogP contribution in [0.4, 0.5) is 0 Å². The highest BCUT2D eigenvalue weighted by molar-refractivity contribution is 9.10. The molecular weight excluding hydrogens is 380 g/mol. The van der Waals surface area contributed by atoms with E-state index in [0.29, 0.717) is 12.1 Å². The number of aromatic nitrogens is 3. The van der Waals surface area contributed by atoms with Gasteiger partial charge < -0.3 is 4.90 Å². The Kier molecular flexibility index (Phi) is 5.28. The number of benzene rings is 1. The minimum absolute atomic E-state index is 0.0307. The Hall–Kier alpha value is -2.47. The Bertz CT molecular complexity index is 859. The molecule has 2 heterocycles. The van der Waals surface area contributed by atoms with Crippen molar-refractivity contribution in [3.05, 3.63) is 76.3 Å². The number of carbonyl (C=O) groups is 1. The van der Waals surface area contributed by atoms with E-state index in [1.54, 1.807) is 22.0 Å². The molecule has 0 atom stereocenters. The quantitative estimate of drug-likeness (QED) is 0.658. The summed E-state index contributed by atoms with van der Waals surface area (Å²) in [5.74, 6) is -0.0307. The van der Waals surface area contributed by atoms with E-state index in [1.807, 2.05) is 56.4 Å². The molecule has 0 saturated carbocycles. The first kappa shape index (κ1) is 17.4. The summed E-state index contributed by atoms with van der Waals surface area (Å²) in [4.78, 5) is 18.7. The summed E-state index contributed by atoms with van der Waals surface area (Å²) in [5, 5.41) is 4.38. The summed E-state index contributed by atoms with van der Waals surface area (Å²) < 4.78 is 2.79. The Morgan fingerprint density at radius 3 is 2.64 bits per heavy atom. The number of hydrogen-bond acceptors (Lipinski definition) is 3. The summed E-state index contributed by atoms with van der Waals surface area (Å²) in [6.45, 7) is 2.52. The van der Waals surface area contributed by atoms with Crippen LogP contribution in [0.15, 0.2) is 59.3 Å². The second kappa shape index (κ2) is 7.61. The van der Waals surface area contributed by atoms with Gasteiger partial charge in [0.15, 0.2) is 0 Å².